The van der Waals surface area contributed by atoms with Crippen LogP contribution in [0, 0.1) is 0 Å². The number of furan rings is 1. The van der Waals surface area contributed by atoms with E-state index in [1.807, 2.05) is 0 Å². The number of hydrogen-bond donors (Lipinski definition) is 0. The van der Waals surface area contributed by atoms with Gasteiger partial charge in [0.05, 0.1) is 16.8 Å². The Labute approximate surface area is 316 Å². The maximum atomic E-state index is 6.91. The lowest BCUT2D eigenvalue weighted by Gasteiger charge is -2.32. The molecule has 0 spiro atoms. The van der Waals surface area contributed by atoms with Gasteiger partial charge >= 0.3 is 0 Å². The van der Waals surface area contributed by atoms with Gasteiger partial charge in [-0.05, 0) is 97.2 Å². The summed E-state index contributed by atoms with van der Waals surface area (Å²) in [6.45, 7) is 25.4. The Morgan fingerprint density at radius 2 is 1.11 bits per heavy atom. The lowest BCUT2D eigenvalue weighted by atomic mass is 9.79. The molecule has 0 aliphatic heterocycles. The average Bonchev–Trinajstić information content (AvgIpc) is 3.60. The number of hydrogen-bond acceptors (Lipinski definition) is 2. The van der Waals surface area contributed by atoms with E-state index in [9.17, 15) is 0 Å². The quantitative estimate of drug-likeness (QED) is 0.182. The van der Waals surface area contributed by atoms with E-state index in [1.54, 1.807) is 0 Å². The fourth-order valence-corrected chi connectivity index (χ4v) is 8.47. The van der Waals surface area contributed by atoms with Crippen LogP contribution >= 0.6 is 0 Å². The van der Waals surface area contributed by atoms with Crippen LogP contribution in [-0.2, 0) is 21.7 Å². The van der Waals surface area contributed by atoms with Crippen molar-refractivity contribution in [1.29, 1.82) is 0 Å². The fourth-order valence-electron chi connectivity index (χ4n) is 8.47. The minimum Gasteiger partial charge on any atom is -0.456 e. The third-order valence-electron chi connectivity index (χ3n) is 11.5. The highest BCUT2D eigenvalue weighted by atomic mass is 16.3. The van der Waals surface area contributed by atoms with Crippen molar-refractivity contribution in [2.24, 2.45) is 0 Å². The maximum Gasteiger partial charge on any atom is 0.139 e. The van der Waals surface area contributed by atoms with Gasteiger partial charge in [0.1, 0.15) is 11.2 Å². The van der Waals surface area contributed by atoms with Gasteiger partial charge in [-0.25, -0.2) is 0 Å². The fraction of sp³-hybridized carbons (Fsp3) is 0.294. The third-order valence-corrected chi connectivity index (χ3v) is 11.5. The SMILES string of the molecule is CC(C)(C)c1ccc(-c2ccc(N(c3cccc4c3C(C)(C)c3ccccc3-4)c3cccc4oc5c(C(C)(C)C)cc(C(C)(C)C)cc5c34)cc2)cc1. The molecule has 7 aromatic rings. The van der Waals surface area contributed by atoms with Crippen LogP contribution < -0.4 is 4.90 Å². The van der Waals surface area contributed by atoms with Crippen LogP contribution in [0.15, 0.2) is 126 Å². The van der Waals surface area contributed by atoms with E-state index in [-0.39, 0.29) is 21.7 Å². The van der Waals surface area contributed by atoms with Gasteiger partial charge in [-0.15, -0.1) is 0 Å². The summed E-state index contributed by atoms with van der Waals surface area (Å²) in [6.07, 6.45) is 0. The van der Waals surface area contributed by atoms with Gasteiger partial charge in [0.25, 0.3) is 0 Å². The minimum absolute atomic E-state index is 0.0244. The monoisotopic (exact) mass is 695 g/mol. The molecule has 0 bridgehead atoms. The molecule has 2 heteroatoms. The predicted octanol–water partition coefficient (Wildman–Crippen LogP) is 14.9. The Balaban J connectivity index is 1.40. The highest BCUT2D eigenvalue weighted by Gasteiger charge is 2.39. The molecule has 6 aromatic carbocycles. The number of benzene rings is 6. The van der Waals surface area contributed by atoms with Crippen molar-refractivity contribution in [2.45, 2.75) is 97.8 Å². The average molecular weight is 696 g/mol. The Hall–Kier alpha value is -5.08. The van der Waals surface area contributed by atoms with E-state index in [4.69, 9.17) is 4.42 Å². The molecule has 8 rings (SSSR count). The molecule has 2 nitrogen and oxygen atoms in total. The van der Waals surface area contributed by atoms with E-state index in [0.717, 1.165) is 27.9 Å². The first-order valence-corrected chi connectivity index (χ1v) is 19.2. The van der Waals surface area contributed by atoms with Crippen molar-refractivity contribution in [3.05, 3.63) is 149 Å². The normalized spacial score (nSPS) is 14.1. The summed E-state index contributed by atoms with van der Waals surface area (Å²) >= 11 is 0. The molecule has 53 heavy (non-hydrogen) atoms. The maximum absolute atomic E-state index is 6.91. The molecular formula is C51H53NO. The number of anilines is 3. The first-order chi connectivity index (χ1) is 24.9. The topological polar surface area (TPSA) is 16.4 Å². The standard InChI is InChI=1S/C51H53NO/c1-48(2,3)34-26-22-32(23-27-34)33-24-28-36(29-25-33)52(43-20-14-17-38-37-16-12-13-18-40(37)51(10,11)46(38)43)42-19-15-21-44-45(42)39-30-35(49(4,5)6)31-41(47(39)53-44)50(7,8)9/h12-31H,1-11H3. The lowest BCUT2D eigenvalue weighted by molar-refractivity contribution is 0.559. The van der Waals surface area contributed by atoms with E-state index < -0.39 is 0 Å². The molecule has 0 unspecified atom stereocenters. The highest BCUT2D eigenvalue weighted by Crippen LogP contribution is 2.55. The summed E-state index contributed by atoms with van der Waals surface area (Å²) in [5, 5.41) is 2.32. The molecular weight excluding hydrogens is 643 g/mol. The summed E-state index contributed by atoms with van der Waals surface area (Å²) in [7, 11) is 0. The van der Waals surface area contributed by atoms with E-state index in [0.29, 0.717) is 0 Å². The third kappa shape index (κ3) is 5.79. The van der Waals surface area contributed by atoms with Gasteiger partial charge in [0.2, 0.25) is 0 Å². The summed E-state index contributed by atoms with van der Waals surface area (Å²) in [5.41, 5.74) is 16.8. The van der Waals surface area contributed by atoms with Gasteiger partial charge in [-0.2, -0.15) is 0 Å². The zero-order valence-corrected chi connectivity index (χ0v) is 33.4. The second-order valence-electron chi connectivity index (χ2n) is 18.7. The lowest BCUT2D eigenvalue weighted by Crippen LogP contribution is -2.20. The van der Waals surface area contributed by atoms with Crippen LogP contribution in [0.1, 0.15) is 104 Å². The first-order valence-electron chi connectivity index (χ1n) is 19.2. The molecule has 268 valence electrons. The second kappa shape index (κ2) is 12.0. The zero-order chi connectivity index (χ0) is 37.7. The summed E-state index contributed by atoms with van der Waals surface area (Å²) < 4.78 is 6.91. The van der Waals surface area contributed by atoms with Crippen LogP contribution in [-0.4, -0.2) is 0 Å². The van der Waals surface area contributed by atoms with Gasteiger partial charge in [0.15, 0.2) is 0 Å². The molecule has 0 N–H and O–H groups in total. The summed E-state index contributed by atoms with van der Waals surface area (Å²) in [6, 6.07) is 45.3. The largest absolute Gasteiger partial charge is 0.456 e. The molecule has 1 aromatic heterocycles. The Bertz CT molecular complexity index is 2510. The molecule has 1 aliphatic carbocycles. The van der Waals surface area contributed by atoms with Crippen molar-refractivity contribution < 1.29 is 4.42 Å². The molecule has 0 amide bonds. The Morgan fingerprint density at radius 3 is 1.75 bits per heavy atom. The Morgan fingerprint density at radius 1 is 0.528 bits per heavy atom. The minimum atomic E-state index is -0.194. The number of nitrogens with zero attached hydrogens (tertiary/aromatic N) is 1. The van der Waals surface area contributed by atoms with Gasteiger partial charge < -0.3 is 9.32 Å². The van der Waals surface area contributed by atoms with E-state index in [2.05, 4.69) is 202 Å². The van der Waals surface area contributed by atoms with Crippen molar-refractivity contribution in [3.8, 4) is 22.3 Å². The van der Waals surface area contributed by atoms with Crippen LogP contribution in [0.25, 0.3) is 44.2 Å². The van der Waals surface area contributed by atoms with Crippen LogP contribution in [0.4, 0.5) is 17.1 Å². The van der Waals surface area contributed by atoms with Crippen molar-refractivity contribution in [1.82, 2.24) is 0 Å². The Kier molecular flexibility index (Phi) is 7.90. The summed E-state index contributed by atoms with van der Waals surface area (Å²) in [4.78, 5) is 2.50. The van der Waals surface area contributed by atoms with E-state index >= 15 is 0 Å². The van der Waals surface area contributed by atoms with Crippen molar-refractivity contribution >= 4 is 39.0 Å². The smallest absolute Gasteiger partial charge is 0.139 e. The number of rotatable bonds is 4. The molecule has 1 heterocycles. The second-order valence-corrected chi connectivity index (χ2v) is 18.7. The summed E-state index contributed by atoms with van der Waals surface area (Å²) in [5.74, 6) is 0. The van der Waals surface area contributed by atoms with Crippen LogP contribution in [0.3, 0.4) is 0 Å². The number of fused-ring (bicyclic) bond motifs is 6. The molecule has 0 fully saturated rings. The zero-order valence-electron chi connectivity index (χ0n) is 33.4. The van der Waals surface area contributed by atoms with Gasteiger partial charge in [-0.1, -0.05) is 161 Å². The van der Waals surface area contributed by atoms with E-state index in [1.165, 1.54) is 61.1 Å². The van der Waals surface area contributed by atoms with Crippen molar-refractivity contribution in [2.75, 3.05) is 4.90 Å². The molecule has 0 radical (unpaired) electrons. The first kappa shape index (κ1) is 35.0. The van der Waals surface area contributed by atoms with Crippen LogP contribution in [0.5, 0.6) is 0 Å². The van der Waals surface area contributed by atoms with Crippen molar-refractivity contribution in [3.63, 3.8) is 0 Å². The molecule has 1 aliphatic rings. The molecule has 0 saturated carbocycles. The van der Waals surface area contributed by atoms with Gasteiger partial charge in [-0.3, -0.25) is 0 Å². The molecule has 0 saturated heterocycles. The van der Waals surface area contributed by atoms with Crippen LogP contribution in [0.2, 0.25) is 0 Å². The van der Waals surface area contributed by atoms with Gasteiger partial charge in [0, 0.05) is 22.1 Å². The predicted molar refractivity (Wildman–Crippen MR) is 228 cm³/mol. The molecule has 0 atom stereocenters. The highest BCUT2D eigenvalue weighted by molar-refractivity contribution is 6.14.